The normalized spacial score (nSPS) is 28.5. The minimum atomic E-state index is -1.01. The molecule has 3 fully saturated rings. The van der Waals surface area contributed by atoms with Crippen molar-refractivity contribution in [2.24, 2.45) is 17.6 Å². The number of hydrogen-bond donors (Lipinski definition) is 3. The molecule has 0 spiro atoms. The molecule has 2 atom stereocenters. The van der Waals surface area contributed by atoms with E-state index in [0.29, 0.717) is 31.1 Å². The monoisotopic (exact) mass is 456 g/mol. The van der Waals surface area contributed by atoms with E-state index in [1.54, 1.807) is 12.1 Å². The average molecular weight is 457 g/mol. The Hall–Kier alpha value is -2.45. The zero-order valence-electron chi connectivity index (χ0n) is 19.2. The van der Waals surface area contributed by atoms with Crippen molar-refractivity contribution in [1.29, 1.82) is 0 Å². The molecule has 1 aromatic rings. The summed E-state index contributed by atoms with van der Waals surface area (Å²) in [6, 6.07) is 5.84. The van der Waals surface area contributed by atoms with Crippen molar-refractivity contribution in [3.8, 4) is 0 Å². The standard InChI is InChI=1S/C25H36N4O4/c26-15-17-4-6-18(7-5-17)24(31)29-16-21(28-12-2-1-3-13-28)14-22(29)23(30)27-20-10-8-19(9-11-20)25(32)33/h8-11,17-18,21-22H,1-7,12-16,26H2,(H,27,30)(H,32,33)/t17?,18?,21?,22-/m0/s1. The van der Waals surface area contributed by atoms with Crippen LogP contribution >= 0.6 is 0 Å². The number of aromatic carboxylic acids is 1. The van der Waals surface area contributed by atoms with Gasteiger partial charge in [-0.15, -0.1) is 0 Å². The van der Waals surface area contributed by atoms with Gasteiger partial charge in [0.15, 0.2) is 0 Å². The topological polar surface area (TPSA) is 116 Å². The number of rotatable bonds is 6. The first-order valence-electron chi connectivity index (χ1n) is 12.3. The summed E-state index contributed by atoms with van der Waals surface area (Å²) < 4.78 is 0. The van der Waals surface area contributed by atoms with E-state index in [4.69, 9.17) is 10.8 Å². The predicted molar refractivity (Wildman–Crippen MR) is 126 cm³/mol. The maximum Gasteiger partial charge on any atom is 0.335 e. The van der Waals surface area contributed by atoms with Gasteiger partial charge in [0.2, 0.25) is 11.8 Å². The fourth-order valence-corrected chi connectivity index (χ4v) is 5.66. The van der Waals surface area contributed by atoms with Crippen LogP contribution in [0.25, 0.3) is 0 Å². The molecule has 2 saturated heterocycles. The van der Waals surface area contributed by atoms with Gasteiger partial charge >= 0.3 is 5.97 Å². The van der Waals surface area contributed by atoms with Gasteiger partial charge in [-0.05, 0) is 94.8 Å². The Balaban J connectivity index is 1.47. The molecule has 2 heterocycles. The number of hydrogen-bond acceptors (Lipinski definition) is 5. The number of amides is 2. The average Bonchev–Trinajstić information content (AvgIpc) is 3.30. The highest BCUT2D eigenvalue weighted by Gasteiger charge is 2.44. The van der Waals surface area contributed by atoms with Gasteiger partial charge in [0, 0.05) is 24.2 Å². The van der Waals surface area contributed by atoms with Crippen LogP contribution in [-0.2, 0) is 9.59 Å². The van der Waals surface area contributed by atoms with Crippen LogP contribution in [-0.4, -0.2) is 71.0 Å². The lowest BCUT2D eigenvalue weighted by atomic mass is 9.81. The largest absolute Gasteiger partial charge is 0.478 e. The fraction of sp³-hybridized carbons (Fsp3) is 0.640. The third-order valence-electron chi connectivity index (χ3n) is 7.70. The number of carboxylic acid groups (broad SMARTS) is 1. The van der Waals surface area contributed by atoms with E-state index >= 15 is 0 Å². The maximum atomic E-state index is 13.5. The minimum Gasteiger partial charge on any atom is -0.478 e. The first kappa shape index (κ1) is 23.7. The molecule has 8 heteroatoms. The Labute approximate surface area is 195 Å². The third-order valence-corrected chi connectivity index (χ3v) is 7.70. The number of nitrogens with two attached hydrogens (primary N) is 1. The molecule has 1 aromatic carbocycles. The van der Waals surface area contributed by atoms with Crippen molar-refractivity contribution in [3.05, 3.63) is 29.8 Å². The molecule has 33 heavy (non-hydrogen) atoms. The number of carbonyl (C=O) groups is 3. The van der Waals surface area contributed by atoms with Crippen LogP contribution in [0.3, 0.4) is 0 Å². The maximum absolute atomic E-state index is 13.5. The molecule has 4 N–H and O–H groups in total. The summed E-state index contributed by atoms with van der Waals surface area (Å²) >= 11 is 0. The second-order valence-electron chi connectivity index (χ2n) is 9.82. The molecule has 0 radical (unpaired) electrons. The van der Waals surface area contributed by atoms with Crippen LogP contribution in [0.4, 0.5) is 5.69 Å². The van der Waals surface area contributed by atoms with E-state index in [9.17, 15) is 14.4 Å². The molecule has 2 aliphatic heterocycles. The highest BCUT2D eigenvalue weighted by atomic mass is 16.4. The smallest absolute Gasteiger partial charge is 0.335 e. The number of anilines is 1. The van der Waals surface area contributed by atoms with Gasteiger partial charge < -0.3 is 21.1 Å². The molecule has 4 rings (SSSR count). The lowest BCUT2D eigenvalue weighted by Gasteiger charge is -2.33. The van der Waals surface area contributed by atoms with Crippen LogP contribution in [0, 0.1) is 11.8 Å². The van der Waals surface area contributed by atoms with Crippen molar-refractivity contribution in [2.75, 3.05) is 31.5 Å². The number of likely N-dealkylation sites (tertiary alicyclic amines) is 2. The van der Waals surface area contributed by atoms with E-state index in [0.717, 1.165) is 38.8 Å². The molecule has 180 valence electrons. The lowest BCUT2D eigenvalue weighted by molar-refractivity contribution is -0.141. The molecule has 2 amide bonds. The second kappa shape index (κ2) is 10.7. The van der Waals surface area contributed by atoms with Crippen LogP contribution in [0.1, 0.15) is 61.7 Å². The fourth-order valence-electron chi connectivity index (χ4n) is 5.66. The predicted octanol–water partition coefficient (Wildman–Crippen LogP) is 2.54. The summed E-state index contributed by atoms with van der Waals surface area (Å²) in [6.07, 6.45) is 7.86. The Morgan fingerprint density at radius 2 is 1.67 bits per heavy atom. The van der Waals surface area contributed by atoms with Gasteiger partial charge in [-0.2, -0.15) is 0 Å². The van der Waals surface area contributed by atoms with Gasteiger partial charge in [-0.25, -0.2) is 4.79 Å². The zero-order valence-corrected chi connectivity index (χ0v) is 19.2. The summed E-state index contributed by atoms with van der Waals surface area (Å²) in [6.45, 7) is 3.33. The number of benzene rings is 1. The highest BCUT2D eigenvalue weighted by molar-refractivity contribution is 5.98. The minimum absolute atomic E-state index is 0.0296. The number of carboxylic acids is 1. The Morgan fingerprint density at radius 3 is 2.27 bits per heavy atom. The molecule has 0 aromatic heterocycles. The SMILES string of the molecule is NCC1CCC(C(=O)N2CC(N3CCCCC3)C[C@H]2C(=O)Nc2ccc(C(=O)O)cc2)CC1. The molecule has 1 saturated carbocycles. The number of piperidine rings is 1. The summed E-state index contributed by atoms with van der Waals surface area (Å²) in [5, 5.41) is 12.0. The molecule has 3 aliphatic rings. The number of carbonyl (C=O) groups excluding carboxylic acids is 2. The summed E-state index contributed by atoms with van der Waals surface area (Å²) in [5.74, 6) is -0.623. The molecule has 0 bridgehead atoms. The number of nitrogens with zero attached hydrogens (tertiary/aromatic N) is 2. The van der Waals surface area contributed by atoms with Gasteiger partial charge in [0.1, 0.15) is 6.04 Å². The van der Waals surface area contributed by atoms with E-state index < -0.39 is 12.0 Å². The highest BCUT2D eigenvalue weighted by Crippen LogP contribution is 2.33. The van der Waals surface area contributed by atoms with E-state index in [-0.39, 0.29) is 29.3 Å². The zero-order chi connectivity index (χ0) is 23.4. The molecular weight excluding hydrogens is 420 g/mol. The summed E-state index contributed by atoms with van der Waals surface area (Å²) in [4.78, 5) is 42.2. The van der Waals surface area contributed by atoms with E-state index in [1.165, 1.54) is 31.4 Å². The quantitative estimate of drug-likeness (QED) is 0.606. The van der Waals surface area contributed by atoms with Crippen LogP contribution in [0.2, 0.25) is 0 Å². The van der Waals surface area contributed by atoms with E-state index in [2.05, 4.69) is 10.2 Å². The molecule has 1 aliphatic carbocycles. The van der Waals surface area contributed by atoms with Gasteiger partial charge in [0.25, 0.3) is 0 Å². The molecule has 8 nitrogen and oxygen atoms in total. The van der Waals surface area contributed by atoms with Crippen LogP contribution < -0.4 is 11.1 Å². The van der Waals surface area contributed by atoms with E-state index in [1.807, 2.05) is 4.90 Å². The first-order valence-corrected chi connectivity index (χ1v) is 12.3. The molecular formula is C25H36N4O4. The van der Waals surface area contributed by atoms with Crippen LogP contribution in [0.5, 0.6) is 0 Å². The van der Waals surface area contributed by atoms with Crippen LogP contribution in [0.15, 0.2) is 24.3 Å². The second-order valence-corrected chi connectivity index (χ2v) is 9.82. The summed E-state index contributed by atoms with van der Waals surface area (Å²) in [5.41, 5.74) is 6.54. The Bertz CT molecular complexity index is 844. The van der Waals surface area contributed by atoms with Crippen molar-refractivity contribution >= 4 is 23.5 Å². The lowest BCUT2D eigenvalue weighted by Crippen LogP contribution is -2.47. The van der Waals surface area contributed by atoms with Gasteiger partial charge in [-0.3, -0.25) is 14.5 Å². The Kier molecular flexibility index (Phi) is 7.65. The van der Waals surface area contributed by atoms with Crippen molar-refractivity contribution in [1.82, 2.24) is 9.80 Å². The van der Waals surface area contributed by atoms with Gasteiger partial charge in [0.05, 0.1) is 5.56 Å². The number of nitrogens with one attached hydrogen (secondary N) is 1. The first-order chi connectivity index (χ1) is 16.0. The third kappa shape index (κ3) is 5.55. The van der Waals surface area contributed by atoms with Crippen molar-refractivity contribution in [3.63, 3.8) is 0 Å². The van der Waals surface area contributed by atoms with Gasteiger partial charge in [-0.1, -0.05) is 6.42 Å². The van der Waals surface area contributed by atoms with Crippen molar-refractivity contribution < 1.29 is 19.5 Å². The molecule has 1 unspecified atom stereocenters. The Morgan fingerprint density at radius 1 is 1.00 bits per heavy atom. The van der Waals surface area contributed by atoms with Crippen molar-refractivity contribution in [2.45, 2.75) is 63.5 Å². The summed E-state index contributed by atoms with van der Waals surface area (Å²) in [7, 11) is 0.